The van der Waals surface area contributed by atoms with Crippen LogP contribution in [0.2, 0.25) is 0 Å². The molecular weight excluding hydrogens is 244 g/mol. The van der Waals surface area contributed by atoms with Gasteiger partial charge in [0.05, 0.1) is 6.10 Å². The summed E-state index contributed by atoms with van der Waals surface area (Å²) in [4.78, 5) is 0. The highest BCUT2D eigenvalue weighted by molar-refractivity contribution is 7.99. The van der Waals surface area contributed by atoms with Gasteiger partial charge in [-0.05, 0) is 12.3 Å². The summed E-state index contributed by atoms with van der Waals surface area (Å²) in [5.74, 6) is -1.35. The number of aliphatic hydroxyl groups excluding tert-OH is 1. The number of thioether (sulfide) groups is 1. The van der Waals surface area contributed by atoms with Gasteiger partial charge < -0.3 is 10.4 Å². The van der Waals surface area contributed by atoms with E-state index in [0.717, 1.165) is 18.7 Å². The summed E-state index contributed by atoms with van der Waals surface area (Å²) >= 11 is 1.71. The molecule has 0 saturated heterocycles. The van der Waals surface area contributed by atoms with Crippen molar-refractivity contribution in [2.45, 2.75) is 18.3 Å². The first-order valence-electron chi connectivity index (χ1n) is 5.41. The lowest BCUT2D eigenvalue weighted by Crippen LogP contribution is -2.27. The van der Waals surface area contributed by atoms with Gasteiger partial charge in [-0.15, -0.1) is 0 Å². The molecule has 2 N–H and O–H groups in total. The largest absolute Gasteiger partial charge is 0.387 e. The van der Waals surface area contributed by atoms with Gasteiger partial charge in [-0.2, -0.15) is 11.8 Å². The summed E-state index contributed by atoms with van der Waals surface area (Å²) < 4.78 is 26.0. The average Bonchev–Trinajstić information content (AvgIpc) is 2.28. The molecule has 5 heteroatoms. The van der Waals surface area contributed by atoms with E-state index in [0.29, 0.717) is 5.25 Å². The van der Waals surface area contributed by atoms with E-state index in [2.05, 4.69) is 12.2 Å². The molecule has 0 radical (unpaired) electrons. The van der Waals surface area contributed by atoms with E-state index in [1.54, 1.807) is 11.8 Å². The fourth-order valence-electron chi connectivity index (χ4n) is 1.39. The maximum Gasteiger partial charge on any atom is 0.131 e. The first-order valence-corrected chi connectivity index (χ1v) is 6.70. The van der Waals surface area contributed by atoms with Crippen LogP contribution in [0, 0.1) is 11.6 Å². The van der Waals surface area contributed by atoms with Crippen molar-refractivity contribution in [3.63, 3.8) is 0 Å². The monoisotopic (exact) mass is 261 g/mol. The lowest BCUT2D eigenvalue weighted by molar-refractivity contribution is 0.170. The second-order valence-electron chi connectivity index (χ2n) is 3.89. The molecule has 0 aromatic heterocycles. The summed E-state index contributed by atoms with van der Waals surface area (Å²) in [7, 11) is 0. The molecular formula is C12H17F2NOS. The Labute approximate surface area is 104 Å². The number of hydrogen-bond acceptors (Lipinski definition) is 3. The number of aliphatic hydroxyl groups is 1. The average molecular weight is 261 g/mol. The van der Waals surface area contributed by atoms with Gasteiger partial charge in [-0.25, -0.2) is 8.78 Å². The van der Waals surface area contributed by atoms with Gasteiger partial charge in [0.15, 0.2) is 0 Å². The first kappa shape index (κ1) is 14.4. The fraction of sp³-hybridized carbons (Fsp3) is 0.500. The summed E-state index contributed by atoms with van der Waals surface area (Å²) in [5, 5.41) is 13.2. The Balaban J connectivity index is 2.49. The Kier molecular flexibility index (Phi) is 5.88. The van der Waals surface area contributed by atoms with Gasteiger partial charge in [0, 0.05) is 30.0 Å². The lowest BCUT2D eigenvalue weighted by Gasteiger charge is -2.15. The molecule has 2 atom stereocenters. The SMILES string of the molecule is CSC(C)CNCC(O)c1ccc(F)cc1F. The number of hydrogen-bond donors (Lipinski definition) is 2. The molecule has 2 unspecified atom stereocenters. The van der Waals surface area contributed by atoms with Gasteiger partial charge >= 0.3 is 0 Å². The third-order valence-corrected chi connectivity index (χ3v) is 3.46. The zero-order valence-electron chi connectivity index (χ0n) is 9.91. The van der Waals surface area contributed by atoms with Crippen molar-refractivity contribution in [1.82, 2.24) is 5.32 Å². The molecule has 2 nitrogen and oxygen atoms in total. The molecule has 1 aromatic carbocycles. The number of nitrogens with one attached hydrogen (secondary N) is 1. The zero-order chi connectivity index (χ0) is 12.8. The van der Waals surface area contributed by atoms with E-state index in [1.807, 2.05) is 6.26 Å². The molecule has 1 rings (SSSR count). The number of rotatable bonds is 6. The second-order valence-corrected chi connectivity index (χ2v) is 5.16. The fourth-order valence-corrected chi connectivity index (χ4v) is 1.67. The molecule has 17 heavy (non-hydrogen) atoms. The van der Waals surface area contributed by atoms with Crippen LogP contribution in [0.25, 0.3) is 0 Å². The third-order valence-electron chi connectivity index (χ3n) is 2.49. The normalized spacial score (nSPS) is 14.6. The molecule has 0 saturated carbocycles. The van der Waals surface area contributed by atoms with E-state index in [4.69, 9.17) is 0 Å². The van der Waals surface area contributed by atoms with E-state index in [1.165, 1.54) is 6.07 Å². The Morgan fingerprint density at radius 3 is 2.65 bits per heavy atom. The predicted octanol–water partition coefficient (Wildman–Crippen LogP) is 2.34. The molecule has 0 aliphatic rings. The minimum absolute atomic E-state index is 0.121. The van der Waals surface area contributed by atoms with Crippen LogP contribution in [0.5, 0.6) is 0 Å². The minimum atomic E-state index is -0.954. The quantitative estimate of drug-likeness (QED) is 0.824. The van der Waals surface area contributed by atoms with Gasteiger partial charge in [-0.3, -0.25) is 0 Å². The van der Waals surface area contributed by atoms with Crippen molar-refractivity contribution in [3.8, 4) is 0 Å². The van der Waals surface area contributed by atoms with Gasteiger partial charge in [-0.1, -0.05) is 13.0 Å². The molecule has 0 aliphatic carbocycles. The first-order chi connectivity index (χ1) is 8.04. The van der Waals surface area contributed by atoms with Crippen LogP contribution in [0.15, 0.2) is 18.2 Å². The van der Waals surface area contributed by atoms with Gasteiger partial charge in [0.2, 0.25) is 0 Å². The summed E-state index contributed by atoms with van der Waals surface area (Å²) in [5.41, 5.74) is 0.121. The maximum atomic E-state index is 13.3. The van der Waals surface area contributed by atoms with Crippen molar-refractivity contribution in [3.05, 3.63) is 35.4 Å². The molecule has 0 heterocycles. The zero-order valence-corrected chi connectivity index (χ0v) is 10.7. The van der Waals surface area contributed by atoms with Gasteiger partial charge in [0.25, 0.3) is 0 Å². The highest BCUT2D eigenvalue weighted by atomic mass is 32.2. The van der Waals surface area contributed by atoms with Crippen molar-refractivity contribution >= 4 is 11.8 Å². The Morgan fingerprint density at radius 1 is 1.35 bits per heavy atom. The van der Waals surface area contributed by atoms with Crippen LogP contribution in [0.3, 0.4) is 0 Å². The second kappa shape index (κ2) is 6.93. The third kappa shape index (κ3) is 4.61. The summed E-state index contributed by atoms with van der Waals surface area (Å²) in [6, 6.07) is 3.20. The number of benzene rings is 1. The molecule has 0 amide bonds. The maximum absolute atomic E-state index is 13.3. The highest BCUT2D eigenvalue weighted by Crippen LogP contribution is 2.17. The standard InChI is InChI=1S/C12H17F2NOS/c1-8(17-2)6-15-7-12(16)10-4-3-9(13)5-11(10)14/h3-5,8,12,15-16H,6-7H2,1-2H3. The Morgan fingerprint density at radius 2 is 2.06 bits per heavy atom. The van der Waals surface area contributed by atoms with Crippen LogP contribution in [0.4, 0.5) is 8.78 Å². The van der Waals surface area contributed by atoms with E-state index in [9.17, 15) is 13.9 Å². The van der Waals surface area contributed by atoms with Crippen LogP contribution >= 0.6 is 11.8 Å². The van der Waals surface area contributed by atoms with Crippen molar-refractivity contribution in [1.29, 1.82) is 0 Å². The molecule has 0 bridgehead atoms. The molecule has 1 aromatic rings. The van der Waals surface area contributed by atoms with E-state index >= 15 is 0 Å². The van der Waals surface area contributed by atoms with Crippen LogP contribution < -0.4 is 5.32 Å². The van der Waals surface area contributed by atoms with Crippen molar-refractivity contribution in [2.24, 2.45) is 0 Å². The summed E-state index contributed by atoms with van der Waals surface area (Å²) in [6.07, 6.45) is 1.05. The molecule has 0 spiro atoms. The van der Waals surface area contributed by atoms with E-state index < -0.39 is 17.7 Å². The van der Waals surface area contributed by atoms with Crippen LogP contribution in [-0.4, -0.2) is 29.7 Å². The molecule has 0 aliphatic heterocycles. The molecule has 0 fully saturated rings. The lowest BCUT2D eigenvalue weighted by atomic mass is 10.1. The number of halogens is 2. The Bertz CT molecular complexity index is 362. The smallest absolute Gasteiger partial charge is 0.131 e. The highest BCUT2D eigenvalue weighted by Gasteiger charge is 2.13. The van der Waals surface area contributed by atoms with Crippen LogP contribution in [-0.2, 0) is 0 Å². The molecule has 96 valence electrons. The topological polar surface area (TPSA) is 32.3 Å². The van der Waals surface area contributed by atoms with Crippen LogP contribution in [0.1, 0.15) is 18.6 Å². The van der Waals surface area contributed by atoms with E-state index in [-0.39, 0.29) is 12.1 Å². The van der Waals surface area contributed by atoms with Crippen molar-refractivity contribution in [2.75, 3.05) is 19.3 Å². The van der Waals surface area contributed by atoms with Gasteiger partial charge in [0.1, 0.15) is 11.6 Å². The summed E-state index contributed by atoms with van der Waals surface area (Å²) in [6.45, 7) is 3.05. The Hall–Kier alpha value is -0.650. The van der Waals surface area contributed by atoms with Crippen molar-refractivity contribution < 1.29 is 13.9 Å². The predicted molar refractivity (Wildman–Crippen MR) is 67.2 cm³/mol. The minimum Gasteiger partial charge on any atom is -0.387 e.